The summed E-state index contributed by atoms with van der Waals surface area (Å²) in [5.74, 6) is 0.605. The number of aliphatic hydroxyl groups excluding tert-OH is 1. The van der Waals surface area contributed by atoms with Crippen LogP contribution in [0.5, 0.6) is 5.75 Å². The summed E-state index contributed by atoms with van der Waals surface area (Å²) in [4.78, 5) is 0. The SMILES string of the molecule is CCn1ncc(OC)c1C(O)c1cccc(Br)c1C. The molecule has 1 atom stereocenters. The molecule has 1 heterocycles. The van der Waals surface area contributed by atoms with Crippen LogP contribution in [0.4, 0.5) is 0 Å². The zero-order valence-corrected chi connectivity index (χ0v) is 12.8. The molecule has 0 aliphatic rings. The summed E-state index contributed by atoms with van der Waals surface area (Å²) in [6.45, 7) is 4.64. The number of halogens is 1. The van der Waals surface area contributed by atoms with Gasteiger partial charge in [-0.3, -0.25) is 4.68 Å². The largest absolute Gasteiger partial charge is 0.493 e. The molecule has 0 saturated carbocycles. The van der Waals surface area contributed by atoms with Crippen molar-refractivity contribution < 1.29 is 9.84 Å². The molecule has 0 spiro atoms. The quantitative estimate of drug-likeness (QED) is 0.940. The highest BCUT2D eigenvalue weighted by atomic mass is 79.9. The number of methoxy groups -OCH3 is 1. The standard InChI is InChI=1S/C14H17BrN2O2/c1-4-17-13(12(19-3)8-16-17)14(18)10-6-5-7-11(15)9(10)2/h5-8,14,18H,4H2,1-3H3. The molecule has 102 valence electrons. The van der Waals surface area contributed by atoms with E-state index in [1.807, 2.05) is 32.0 Å². The second-order valence-electron chi connectivity index (χ2n) is 4.27. The monoisotopic (exact) mass is 324 g/mol. The van der Waals surface area contributed by atoms with Gasteiger partial charge in [0.25, 0.3) is 0 Å². The number of benzene rings is 1. The first kappa shape index (κ1) is 14.1. The normalized spacial score (nSPS) is 12.5. The van der Waals surface area contributed by atoms with Crippen LogP contribution >= 0.6 is 15.9 Å². The molecule has 0 bridgehead atoms. The Hall–Kier alpha value is -1.33. The Kier molecular flexibility index (Phi) is 4.27. The Morgan fingerprint density at radius 1 is 1.47 bits per heavy atom. The Balaban J connectivity index is 2.52. The van der Waals surface area contributed by atoms with E-state index in [-0.39, 0.29) is 0 Å². The third kappa shape index (κ3) is 2.53. The summed E-state index contributed by atoms with van der Waals surface area (Å²) in [6.07, 6.45) is 0.880. The van der Waals surface area contributed by atoms with Crippen LogP contribution in [0.3, 0.4) is 0 Å². The van der Waals surface area contributed by atoms with E-state index in [0.29, 0.717) is 18.0 Å². The number of hydrogen-bond donors (Lipinski definition) is 1. The van der Waals surface area contributed by atoms with Crippen LogP contribution in [0, 0.1) is 6.92 Å². The zero-order chi connectivity index (χ0) is 14.0. The first-order valence-corrected chi connectivity index (χ1v) is 6.92. The second kappa shape index (κ2) is 5.75. The summed E-state index contributed by atoms with van der Waals surface area (Å²) in [7, 11) is 1.58. The summed E-state index contributed by atoms with van der Waals surface area (Å²) in [5.41, 5.74) is 2.55. The molecule has 2 rings (SSSR count). The molecule has 1 N–H and O–H groups in total. The fourth-order valence-electron chi connectivity index (χ4n) is 2.13. The van der Waals surface area contributed by atoms with E-state index >= 15 is 0 Å². The van der Waals surface area contributed by atoms with Crippen LogP contribution in [-0.2, 0) is 6.54 Å². The van der Waals surface area contributed by atoms with Crippen LogP contribution in [0.1, 0.15) is 29.8 Å². The molecular weight excluding hydrogens is 308 g/mol. The molecule has 5 heteroatoms. The van der Waals surface area contributed by atoms with Gasteiger partial charge >= 0.3 is 0 Å². The van der Waals surface area contributed by atoms with Crippen molar-refractivity contribution in [2.75, 3.05) is 7.11 Å². The van der Waals surface area contributed by atoms with E-state index in [0.717, 1.165) is 15.6 Å². The Labute approximate surface area is 121 Å². The summed E-state index contributed by atoms with van der Waals surface area (Å²) >= 11 is 3.48. The van der Waals surface area contributed by atoms with Gasteiger partial charge < -0.3 is 9.84 Å². The van der Waals surface area contributed by atoms with Gasteiger partial charge in [0, 0.05) is 11.0 Å². The lowest BCUT2D eigenvalue weighted by molar-refractivity contribution is 0.202. The molecule has 0 aliphatic heterocycles. The van der Waals surface area contributed by atoms with Crippen molar-refractivity contribution in [1.82, 2.24) is 9.78 Å². The lowest BCUT2D eigenvalue weighted by Gasteiger charge is -2.17. The van der Waals surface area contributed by atoms with Crippen LogP contribution in [-0.4, -0.2) is 22.0 Å². The van der Waals surface area contributed by atoms with Crippen molar-refractivity contribution in [3.8, 4) is 5.75 Å². The van der Waals surface area contributed by atoms with E-state index in [9.17, 15) is 5.11 Å². The van der Waals surface area contributed by atoms with Crippen molar-refractivity contribution in [3.05, 3.63) is 45.7 Å². The highest BCUT2D eigenvalue weighted by Gasteiger charge is 2.22. The van der Waals surface area contributed by atoms with Crippen LogP contribution in [0.2, 0.25) is 0 Å². The molecule has 0 amide bonds. The average molecular weight is 325 g/mol. The third-order valence-corrected chi connectivity index (χ3v) is 4.09. The highest BCUT2D eigenvalue weighted by Crippen LogP contribution is 2.33. The molecule has 0 radical (unpaired) electrons. The number of ether oxygens (including phenoxy) is 1. The van der Waals surface area contributed by atoms with Gasteiger partial charge in [-0.2, -0.15) is 5.10 Å². The topological polar surface area (TPSA) is 47.3 Å². The number of aliphatic hydroxyl groups is 1. The molecule has 4 nitrogen and oxygen atoms in total. The minimum atomic E-state index is -0.755. The maximum atomic E-state index is 10.6. The molecule has 1 aromatic carbocycles. The molecule has 1 aromatic heterocycles. The number of aryl methyl sites for hydroxylation is 1. The molecule has 19 heavy (non-hydrogen) atoms. The van der Waals surface area contributed by atoms with Gasteiger partial charge in [0.05, 0.1) is 13.3 Å². The van der Waals surface area contributed by atoms with Gasteiger partial charge in [0.15, 0.2) is 5.75 Å². The number of rotatable bonds is 4. The van der Waals surface area contributed by atoms with Crippen molar-refractivity contribution >= 4 is 15.9 Å². The second-order valence-corrected chi connectivity index (χ2v) is 5.12. The van der Waals surface area contributed by atoms with Crippen molar-refractivity contribution in [3.63, 3.8) is 0 Å². The molecule has 0 saturated heterocycles. The van der Waals surface area contributed by atoms with Gasteiger partial charge in [-0.25, -0.2) is 0 Å². The molecule has 1 unspecified atom stereocenters. The maximum Gasteiger partial charge on any atom is 0.163 e. The van der Waals surface area contributed by atoms with Crippen LogP contribution in [0.15, 0.2) is 28.9 Å². The molecular formula is C14H17BrN2O2. The Bertz CT molecular complexity index is 559. The first-order chi connectivity index (χ1) is 9.10. The van der Waals surface area contributed by atoms with Gasteiger partial charge in [0.1, 0.15) is 11.8 Å². The Morgan fingerprint density at radius 2 is 2.21 bits per heavy atom. The summed E-state index contributed by atoms with van der Waals surface area (Å²) < 4.78 is 8.02. The van der Waals surface area contributed by atoms with Crippen molar-refractivity contribution in [2.24, 2.45) is 0 Å². The van der Waals surface area contributed by atoms with E-state index in [4.69, 9.17) is 4.74 Å². The molecule has 2 aromatic rings. The van der Waals surface area contributed by atoms with Crippen molar-refractivity contribution in [1.29, 1.82) is 0 Å². The summed E-state index contributed by atoms with van der Waals surface area (Å²) in [5, 5.41) is 14.9. The maximum absolute atomic E-state index is 10.6. The number of nitrogens with zero attached hydrogens (tertiary/aromatic N) is 2. The van der Waals surface area contributed by atoms with Crippen LogP contribution < -0.4 is 4.74 Å². The average Bonchev–Trinajstić information content (AvgIpc) is 2.84. The lowest BCUT2D eigenvalue weighted by Crippen LogP contribution is -2.11. The fourth-order valence-corrected chi connectivity index (χ4v) is 2.51. The first-order valence-electron chi connectivity index (χ1n) is 6.12. The van der Waals surface area contributed by atoms with Crippen LogP contribution in [0.25, 0.3) is 0 Å². The fraction of sp³-hybridized carbons (Fsp3) is 0.357. The minimum Gasteiger partial charge on any atom is -0.493 e. The predicted molar refractivity (Wildman–Crippen MR) is 77.4 cm³/mol. The minimum absolute atomic E-state index is 0.605. The molecule has 0 aliphatic carbocycles. The van der Waals surface area contributed by atoms with Gasteiger partial charge in [-0.1, -0.05) is 28.1 Å². The third-order valence-electron chi connectivity index (χ3n) is 3.23. The van der Waals surface area contributed by atoms with E-state index in [1.165, 1.54) is 0 Å². The number of hydrogen-bond acceptors (Lipinski definition) is 3. The van der Waals surface area contributed by atoms with Gasteiger partial charge in [-0.05, 0) is 31.0 Å². The van der Waals surface area contributed by atoms with Gasteiger partial charge in [0.2, 0.25) is 0 Å². The van der Waals surface area contributed by atoms with Crippen molar-refractivity contribution in [2.45, 2.75) is 26.5 Å². The lowest BCUT2D eigenvalue weighted by atomic mass is 10.0. The van der Waals surface area contributed by atoms with E-state index in [1.54, 1.807) is 18.0 Å². The number of aromatic nitrogens is 2. The Morgan fingerprint density at radius 3 is 2.84 bits per heavy atom. The van der Waals surface area contributed by atoms with E-state index < -0.39 is 6.10 Å². The molecule has 0 fully saturated rings. The summed E-state index contributed by atoms with van der Waals surface area (Å²) in [6, 6.07) is 5.78. The predicted octanol–water partition coefficient (Wildman–Crippen LogP) is 3.06. The highest BCUT2D eigenvalue weighted by molar-refractivity contribution is 9.10. The smallest absolute Gasteiger partial charge is 0.163 e. The zero-order valence-electron chi connectivity index (χ0n) is 11.2. The van der Waals surface area contributed by atoms with E-state index in [2.05, 4.69) is 21.0 Å². The van der Waals surface area contributed by atoms with Gasteiger partial charge in [-0.15, -0.1) is 0 Å².